The molecule has 0 bridgehead atoms. The molecule has 23 heavy (non-hydrogen) atoms. The van der Waals surface area contributed by atoms with Gasteiger partial charge >= 0.3 is 6.09 Å². The zero-order valence-corrected chi connectivity index (χ0v) is 15.4. The van der Waals surface area contributed by atoms with E-state index in [1.807, 2.05) is 20.8 Å². The van der Waals surface area contributed by atoms with Crippen molar-refractivity contribution in [3.63, 3.8) is 0 Å². The molecule has 1 heterocycles. The van der Waals surface area contributed by atoms with Crippen molar-refractivity contribution in [2.24, 2.45) is 0 Å². The van der Waals surface area contributed by atoms with Gasteiger partial charge in [0.25, 0.3) is 0 Å². The van der Waals surface area contributed by atoms with Crippen molar-refractivity contribution >= 4 is 22.0 Å². The lowest BCUT2D eigenvalue weighted by atomic mass is 10.0. The number of hydrogen-bond donors (Lipinski definition) is 0. The largest absolute Gasteiger partial charge is 0.491 e. The molecule has 2 rings (SSSR count). The average molecular weight is 388 g/mol. The van der Waals surface area contributed by atoms with Crippen molar-refractivity contribution < 1.29 is 18.7 Å². The summed E-state index contributed by atoms with van der Waals surface area (Å²) in [7, 11) is 0. The lowest BCUT2D eigenvalue weighted by Gasteiger charge is -2.36. The Morgan fingerprint density at radius 1 is 1.35 bits per heavy atom. The van der Waals surface area contributed by atoms with Gasteiger partial charge in [0, 0.05) is 17.1 Å². The monoisotopic (exact) mass is 387 g/mol. The van der Waals surface area contributed by atoms with Crippen LogP contribution < -0.4 is 4.74 Å². The number of halogens is 2. The van der Waals surface area contributed by atoms with Crippen molar-refractivity contribution in [1.82, 2.24) is 4.90 Å². The molecule has 4 nitrogen and oxygen atoms in total. The van der Waals surface area contributed by atoms with Gasteiger partial charge in [-0.05, 0) is 52.2 Å². The van der Waals surface area contributed by atoms with Gasteiger partial charge in [0.1, 0.15) is 23.8 Å². The van der Waals surface area contributed by atoms with Gasteiger partial charge in [-0.15, -0.1) is 0 Å². The molecule has 128 valence electrons. The van der Waals surface area contributed by atoms with Gasteiger partial charge in [0.2, 0.25) is 0 Å². The second-order valence-electron chi connectivity index (χ2n) is 6.74. The molecule has 0 N–H and O–H groups in total. The highest BCUT2D eigenvalue weighted by Gasteiger charge is 2.30. The summed E-state index contributed by atoms with van der Waals surface area (Å²) < 4.78 is 25.2. The molecule has 1 atom stereocenters. The number of carbonyl (C=O) groups excluding carboxylic acids is 1. The normalized spacial score (nSPS) is 18.7. The Labute approximate surface area is 145 Å². The van der Waals surface area contributed by atoms with Crippen LogP contribution in [0.3, 0.4) is 0 Å². The van der Waals surface area contributed by atoms with E-state index in [-0.39, 0.29) is 18.0 Å². The highest BCUT2D eigenvalue weighted by Crippen LogP contribution is 2.24. The van der Waals surface area contributed by atoms with Crippen LogP contribution >= 0.6 is 15.9 Å². The quantitative estimate of drug-likeness (QED) is 0.750. The predicted octanol–water partition coefficient (Wildman–Crippen LogP) is 4.76. The summed E-state index contributed by atoms with van der Waals surface area (Å²) in [4.78, 5) is 14.0. The minimum absolute atomic E-state index is 0.0550. The van der Waals surface area contributed by atoms with Crippen molar-refractivity contribution in [2.75, 3.05) is 13.2 Å². The molecule has 1 aromatic carbocycles. The molecule has 6 heteroatoms. The summed E-state index contributed by atoms with van der Waals surface area (Å²) in [6.07, 6.45) is 2.54. The maximum Gasteiger partial charge on any atom is 0.410 e. The van der Waals surface area contributed by atoms with Crippen LogP contribution in [0.1, 0.15) is 40.0 Å². The van der Waals surface area contributed by atoms with E-state index in [0.29, 0.717) is 23.4 Å². The third-order valence-corrected chi connectivity index (χ3v) is 3.99. The van der Waals surface area contributed by atoms with Crippen LogP contribution in [0.4, 0.5) is 9.18 Å². The van der Waals surface area contributed by atoms with E-state index in [9.17, 15) is 9.18 Å². The molecule has 1 saturated heterocycles. The first-order chi connectivity index (χ1) is 10.7. The Kier molecular flexibility index (Phi) is 5.89. The minimum atomic E-state index is -0.520. The zero-order valence-electron chi connectivity index (χ0n) is 13.8. The number of piperidine rings is 1. The van der Waals surface area contributed by atoms with Gasteiger partial charge < -0.3 is 14.4 Å². The Hall–Kier alpha value is -1.30. The van der Waals surface area contributed by atoms with E-state index >= 15 is 0 Å². The second kappa shape index (κ2) is 7.51. The van der Waals surface area contributed by atoms with E-state index < -0.39 is 5.60 Å². The molecular weight excluding hydrogens is 365 g/mol. The number of hydrogen-bond acceptors (Lipinski definition) is 3. The average Bonchev–Trinajstić information content (AvgIpc) is 2.42. The molecular formula is C17H23BrFNO3. The molecule has 0 aliphatic carbocycles. The molecule has 0 saturated carbocycles. The van der Waals surface area contributed by atoms with Crippen LogP contribution in [-0.4, -0.2) is 35.8 Å². The van der Waals surface area contributed by atoms with Crippen LogP contribution in [0.25, 0.3) is 0 Å². The minimum Gasteiger partial charge on any atom is -0.491 e. The number of amides is 1. The fourth-order valence-electron chi connectivity index (χ4n) is 2.54. The highest BCUT2D eigenvalue weighted by molar-refractivity contribution is 9.10. The van der Waals surface area contributed by atoms with Crippen LogP contribution in [0, 0.1) is 5.82 Å². The molecule has 0 aromatic heterocycles. The van der Waals surface area contributed by atoms with Crippen LogP contribution in [-0.2, 0) is 4.74 Å². The Morgan fingerprint density at radius 3 is 2.74 bits per heavy atom. The fourth-order valence-corrected chi connectivity index (χ4v) is 2.98. The van der Waals surface area contributed by atoms with Crippen molar-refractivity contribution in [3.05, 3.63) is 28.5 Å². The summed E-state index contributed by atoms with van der Waals surface area (Å²) in [5.74, 6) is 0.0913. The summed E-state index contributed by atoms with van der Waals surface area (Å²) in [5.41, 5.74) is -0.520. The number of nitrogens with zero attached hydrogens (tertiary/aromatic N) is 1. The molecule has 1 aliphatic heterocycles. The second-order valence-corrected chi connectivity index (χ2v) is 7.66. The Morgan fingerprint density at radius 2 is 2.09 bits per heavy atom. The SMILES string of the molecule is CC(C)(C)OC(=O)N1CCCCC1COc1cc(F)cc(Br)c1. The Bertz CT molecular complexity index is 539. The summed E-state index contributed by atoms with van der Waals surface area (Å²) in [5, 5.41) is 0. The van der Waals surface area contributed by atoms with Crippen LogP contribution in [0.15, 0.2) is 22.7 Å². The predicted molar refractivity (Wildman–Crippen MR) is 90.2 cm³/mol. The van der Waals surface area contributed by atoms with Crippen molar-refractivity contribution in [1.29, 1.82) is 0 Å². The number of benzene rings is 1. The van der Waals surface area contributed by atoms with E-state index in [1.54, 1.807) is 11.0 Å². The number of rotatable bonds is 3. The first-order valence-electron chi connectivity index (χ1n) is 7.83. The number of likely N-dealkylation sites (tertiary alicyclic amines) is 1. The van der Waals surface area contributed by atoms with Gasteiger partial charge in [-0.25, -0.2) is 9.18 Å². The van der Waals surface area contributed by atoms with E-state index in [4.69, 9.17) is 9.47 Å². The van der Waals surface area contributed by atoms with Crippen molar-refractivity contribution in [2.45, 2.75) is 51.7 Å². The van der Waals surface area contributed by atoms with E-state index in [0.717, 1.165) is 19.3 Å². The first-order valence-corrected chi connectivity index (χ1v) is 8.62. The van der Waals surface area contributed by atoms with E-state index in [2.05, 4.69) is 15.9 Å². The summed E-state index contributed by atoms with van der Waals surface area (Å²) >= 11 is 3.24. The van der Waals surface area contributed by atoms with Gasteiger partial charge in [0.15, 0.2) is 0 Å². The first kappa shape index (κ1) is 18.0. The lowest BCUT2D eigenvalue weighted by molar-refractivity contribution is 0.00358. The van der Waals surface area contributed by atoms with Gasteiger partial charge in [-0.1, -0.05) is 15.9 Å². The smallest absolute Gasteiger partial charge is 0.410 e. The lowest BCUT2D eigenvalue weighted by Crippen LogP contribution is -2.48. The number of carbonyl (C=O) groups is 1. The Balaban J connectivity index is 1.99. The van der Waals surface area contributed by atoms with E-state index in [1.165, 1.54) is 12.1 Å². The fraction of sp³-hybridized carbons (Fsp3) is 0.588. The molecule has 0 radical (unpaired) electrons. The molecule has 1 aromatic rings. The molecule has 0 spiro atoms. The van der Waals surface area contributed by atoms with Gasteiger partial charge in [-0.2, -0.15) is 0 Å². The third-order valence-electron chi connectivity index (χ3n) is 3.53. The zero-order chi connectivity index (χ0) is 17.0. The maximum atomic E-state index is 13.4. The molecule has 1 unspecified atom stereocenters. The highest BCUT2D eigenvalue weighted by atomic mass is 79.9. The standard InChI is InChI=1S/C17H23BrFNO3/c1-17(2,3)23-16(21)20-7-5-4-6-14(20)11-22-15-9-12(18)8-13(19)10-15/h8-10,14H,4-7,11H2,1-3H3. The molecule has 1 fully saturated rings. The molecule has 1 aliphatic rings. The van der Waals surface area contributed by atoms with Gasteiger partial charge in [-0.3, -0.25) is 0 Å². The molecule has 1 amide bonds. The topological polar surface area (TPSA) is 38.8 Å². The van der Waals surface area contributed by atoms with Crippen LogP contribution in [0.5, 0.6) is 5.75 Å². The van der Waals surface area contributed by atoms with Crippen LogP contribution in [0.2, 0.25) is 0 Å². The van der Waals surface area contributed by atoms with Gasteiger partial charge in [0.05, 0.1) is 6.04 Å². The third kappa shape index (κ3) is 5.68. The summed E-state index contributed by atoms with van der Waals surface area (Å²) in [6, 6.07) is 4.37. The number of ether oxygens (including phenoxy) is 2. The maximum absolute atomic E-state index is 13.4. The van der Waals surface area contributed by atoms with Crippen molar-refractivity contribution in [3.8, 4) is 5.75 Å². The summed E-state index contributed by atoms with van der Waals surface area (Å²) in [6.45, 7) is 6.55.